The minimum Gasteiger partial charge on any atom is -0.324 e. The van der Waals surface area contributed by atoms with Gasteiger partial charge in [0, 0.05) is 28.8 Å². The minimum absolute atomic E-state index is 0.309. The Kier molecular flexibility index (Phi) is 4.88. The monoisotopic (exact) mass is 349 g/mol. The number of rotatable bonds is 4. The third-order valence-electron chi connectivity index (χ3n) is 3.26. The molecule has 122 valence electrons. The number of hydrogen-bond donors (Lipinski definition) is 2. The van der Waals surface area contributed by atoms with E-state index in [1.54, 1.807) is 48.5 Å². The van der Waals surface area contributed by atoms with E-state index in [2.05, 4.69) is 20.6 Å². The van der Waals surface area contributed by atoms with Gasteiger partial charge in [0.25, 0.3) is 5.91 Å². The second-order valence-electron chi connectivity index (χ2n) is 5.07. The van der Waals surface area contributed by atoms with Crippen LogP contribution in [0.1, 0.15) is 15.9 Å². The molecule has 1 heterocycles. The molecule has 0 aliphatic heterocycles. The van der Waals surface area contributed by atoms with Crippen LogP contribution < -0.4 is 10.6 Å². The van der Waals surface area contributed by atoms with Crippen molar-refractivity contribution in [2.75, 3.05) is 10.6 Å². The Balaban J connectivity index is 1.68. The zero-order chi connectivity index (χ0) is 17.6. The zero-order valence-electron chi connectivity index (χ0n) is 12.9. The van der Waals surface area contributed by atoms with Crippen LogP contribution in [0, 0.1) is 11.3 Å². The van der Waals surface area contributed by atoms with Gasteiger partial charge in [-0.05, 0) is 42.5 Å². The van der Waals surface area contributed by atoms with Crippen LogP contribution in [0.3, 0.4) is 0 Å². The fourth-order valence-electron chi connectivity index (χ4n) is 2.04. The largest absolute Gasteiger partial charge is 0.324 e. The Morgan fingerprint density at radius 1 is 1.04 bits per heavy atom. The number of nitrogens with zero attached hydrogens (tertiary/aromatic N) is 3. The highest BCUT2D eigenvalue weighted by atomic mass is 35.5. The highest BCUT2D eigenvalue weighted by Gasteiger charge is 2.08. The van der Waals surface area contributed by atoms with Gasteiger partial charge in [0.05, 0.1) is 17.2 Å². The average Bonchev–Trinajstić information content (AvgIpc) is 2.64. The lowest BCUT2D eigenvalue weighted by atomic mass is 10.2. The molecule has 2 aromatic carbocycles. The lowest BCUT2D eigenvalue weighted by molar-refractivity contribution is 0.102. The summed E-state index contributed by atoms with van der Waals surface area (Å²) in [4.78, 5) is 20.5. The smallest absolute Gasteiger partial charge is 0.258 e. The van der Waals surface area contributed by atoms with Crippen molar-refractivity contribution in [1.29, 1.82) is 5.26 Å². The SMILES string of the molecule is N#Cc1cccc(NC(=O)c2cnc(Nc3ccc(Cl)cc3)nc2)c1. The summed E-state index contributed by atoms with van der Waals surface area (Å²) in [6.45, 7) is 0. The maximum Gasteiger partial charge on any atom is 0.258 e. The molecule has 0 saturated heterocycles. The lowest BCUT2D eigenvalue weighted by Crippen LogP contribution is -2.13. The first-order valence-corrected chi connectivity index (χ1v) is 7.68. The first-order valence-electron chi connectivity index (χ1n) is 7.30. The van der Waals surface area contributed by atoms with E-state index < -0.39 is 0 Å². The van der Waals surface area contributed by atoms with Gasteiger partial charge in [-0.3, -0.25) is 4.79 Å². The molecule has 0 bridgehead atoms. The van der Waals surface area contributed by atoms with Crippen molar-refractivity contribution in [3.05, 3.63) is 77.1 Å². The van der Waals surface area contributed by atoms with Crippen LogP contribution in [-0.2, 0) is 0 Å². The second-order valence-corrected chi connectivity index (χ2v) is 5.51. The molecular weight excluding hydrogens is 338 g/mol. The maximum absolute atomic E-state index is 12.2. The van der Waals surface area contributed by atoms with Crippen LogP contribution >= 0.6 is 11.6 Å². The molecule has 0 spiro atoms. The summed E-state index contributed by atoms with van der Waals surface area (Å²) < 4.78 is 0. The first-order chi connectivity index (χ1) is 12.1. The van der Waals surface area contributed by atoms with E-state index in [0.717, 1.165) is 5.69 Å². The van der Waals surface area contributed by atoms with Crippen molar-refractivity contribution < 1.29 is 4.79 Å². The molecule has 25 heavy (non-hydrogen) atoms. The molecular formula is C18H12ClN5O. The van der Waals surface area contributed by atoms with Crippen LogP contribution in [-0.4, -0.2) is 15.9 Å². The standard InChI is InChI=1S/C18H12ClN5O/c19-14-4-6-15(7-5-14)24-18-21-10-13(11-22-18)17(25)23-16-3-1-2-12(8-16)9-20/h1-8,10-11H,(H,23,25)(H,21,22,24). The van der Waals surface area contributed by atoms with Gasteiger partial charge in [0.15, 0.2) is 0 Å². The Morgan fingerprint density at radius 2 is 1.76 bits per heavy atom. The highest BCUT2D eigenvalue weighted by Crippen LogP contribution is 2.17. The number of carbonyl (C=O) groups is 1. The molecule has 0 unspecified atom stereocenters. The van der Waals surface area contributed by atoms with E-state index in [4.69, 9.17) is 16.9 Å². The third kappa shape index (κ3) is 4.31. The summed E-state index contributed by atoms with van der Waals surface area (Å²) in [5.41, 5.74) is 2.10. The number of hydrogen-bond acceptors (Lipinski definition) is 5. The van der Waals surface area contributed by atoms with Gasteiger partial charge in [0.2, 0.25) is 5.95 Å². The Morgan fingerprint density at radius 3 is 2.44 bits per heavy atom. The fraction of sp³-hybridized carbons (Fsp3) is 0. The molecule has 7 heteroatoms. The van der Waals surface area contributed by atoms with Gasteiger partial charge >= 0.3 is 0 Å². The van der Waals surface area contributed by atoms with Gasteiger partial charge in [-0.25, -0.2) is 9.97 Å². The van der Waals surface area contributed by atoms with Crippen molar-refractivity contribution in [1.82, 2.24) is 9.97 Å². The molecule has 2 N–H and O–H groups in total. The van der Waals surface area contributed by atoms with Crippen LogP contribution in [0.15, 0.2) is 60.9 Å². The number of nitrogens with one attached hydrogen (secondary N) is 2. The highest BCUT2D eigenvalue weighted by molar-refractivity contribution is 6.30. The topological polar surface area (TPSA) is 90.7 Å². The Bertz CT molecular complexity index is 933. The number of aromatic nitrogens is 2. The van der Waals surface area contributed by atoms with E-state index >= 15 is 0 Å². The zero-order valence-corrected chi connectivity index (χ0v) is 13.7. The molecule has 0 aliphatic carbocycles. The third-order valence-corrected chi connectivity index (χ3v) is 3.52. The number of halogens is 1. The maximum atomic E-state index is 12.2. The summed E-state index contributed by atoms with van der Waals surface area (Å²) >= 11 is 5.83. The number of carbonyl (C=O) groups excluding carboxylic acids is 1. The van der Waals surface area contributed by atoms with Crippen molar-refractivity contribution >= 4 is 34.8 Å². The van der Waals surface area contributed by atoms with Crippen LogP contribution in [0.5, 0.6) is 0 Å². The molecule has 6 nitrogen and oxygen atoms in total. The summed E-state index contributed by atoms with van der Waals surface area (Å²) in [5, 5.41) is 15.2. The fourth-order valence-corrected chi connectivity index (χ4v) is 2.17. The molecule has 1 aromatic heterocycles. The number of anilines is 3. The quantitative estimate of drug-likeness (QED) is 0.743. The lowest BCUT2D eigenvalue weighted by Gasteiger charge is -2.07. The number of benzene rings is 2. The predicted molar refractivity (Wildman–Crippen MR) is 95.9 cm³/mol. The van der Waals surface area contributed by atoms with Crippen molar-refractivity contribution in [3.63, 3.8) is 0 Å². The van der Waals surface area contributed by atoms with Crippen molar-refractivity contribution in [3.8, 4) is 6.07 Å². The van der Waals surface area contributed by atoms with E-state index in [9.17, 15) is 4.79 Å². The van der Waals surface area contributed by atoms with Crippen LogP contribution in [0.2, 0.25) is 5.02 Å². The summed E-state index contributed by atoms with van der Waals surface area (Å²) in [5.74, 6) is 0.0125. The minimum atomic E-state index is -0.354. The van der Waals surface area contributed by atoms with E-state index in [1.807, 2.05) is 6.07 Å². The van der Waals surface area contributed by atoms with Crippen molar-refractivity contribution in [2.24, 2.45) is 0 Å². The molecule has 0 saturated carbocycles. The van der Waals surface area contributed by atoms with Crippen LogP contribution in [0.4, 0.5) is 17.3 Å². The molecule has 1 amide bonds. The summed E-state index contributed by atoms with van der Waals surface area (Å²) in [6, 6.07) is 15.8. The van der Waals surface area contributed by atoms with Crippen LogP contribution in [0.25, 0.3) is 0 Å². The molecule has 0 fully saturated rings. The average molecular weight is 350 g/mol. The second kappa shape index (κ2) is 7.43. The Labute approximate surface area is 149 Å². The van der Waals surface area contributed by atoms with E-state index in [-0.39, 0.29) is 5.91 Å². The summed E-state index contributed by atoms with van der Waals surface area (Å²) in [6.07, 6.45) is 2.85. The van der Waals surface area contributed by atoms with Gasteiger partial charge in [0.1, 0.15) is 0 Å². The first kappa shape index (κ1) is 16.4. The van der Waals surface area contributed by atoms with Gasteiger partial charge in [-0.2, -0.15) is 5.26 Å². The normalized spacial score (nSPS) is 9.92. The van der Waals surface area contributed by atoms with E-state index in [0.29, 0.717) is 27.8 Å². The number of nitriles is 1. The molecule has 0 radical (unpaired) electrons. The van der Waals surface area contributed by atoms with Crippen molar-refractivity contribution in [2.45, 2.75) is 0 Å². The molecule has 3 aromatic rings. The summed E-state index contributed by atoms with van der Waals surface area (Å²) in [7, 11) is 0. The van der Waals surface area contributed by atoms with Gasteiger partial charge < -0.3 is 10.6 Å². The number of amides is 1. The van der Waals surface area contributed by atoms with E-state index in [1.165, 1.54) is 12.4 Å². The van der Waals surface area contributed by atoms with Gasteiger partial charge in [-0.1, -0.05) is 17.7 Å². The predicted octanol–water partition coefficient (Wildman–Crippen LogP) is 4.00. The Hall–Kier alpha value is -3.43. The molecule has 3 rings (SSSR count). The molecule has 0 aliphatic rings. The molecule has 0 atom stereocenters. The van der Waals surface area contributed by atoms with Gasteiger partial charge in [-0.15, -0.1) is 0 Å².